The van der Waals surface area contributed by atoms with Crippen LogP contribution in [-0.2, 0) is 16.0 Å². The molecule has 0 saturated heterocycles. The normalized spacial score (nSPS) is 11.8. The molecule has 23 heavy (non-hydrogen) atoms. The molecule has 0 saturated carbocycles. The van der Waals surface area contributed by atoms with Crippen molar-refractivity contribution in [2.24, 2.45) is 5.73 Å². The largest absolute Gasteiger partial charge is 0.368 e. The van der Waals surface area contributed by atoms with Gasteiger partial charge in [0.15, 0.2) is 0 Å². The number of nitrogens with two attached hydrogens (primary N) is 1. The molecule has 2 aromatic carbocycles. The molecule has 120 valence electrons. The number of allylic oxidation sites excluding steroid dienone is 1. The van der Waals surface area contributed by atoms with Gasteiger partial charge in [0.05, 0.1) is 6.42 Å². The number of primary amides is 1. The Morgan fingerprint density at radius 1 is 1.17 bits per heavy atom. The van der Waals surface area contributed by atoms with Crippen LogP contribution in [0, 0.1) is 0 Å². The van der Waals surface area contributed by atoms with Crippen LogP contribution in [0.4, 0.5) is 0 Å². The molecule has 0 aliphatic carbocycles. The predicted octanol–water partition coefficient (Wildman–Crippen LogP) is 2.71. The molecule has 4 heteroatoms. The monoisotopic (exact) mass is 310 g/mol. The van der Waals surface area contributed by atoms with Crippen molar-refractivity contribution in [3.05, 3.63) is 60.7 Å². The first-order valence-corrected chi connectivity index (χ1v) is 7.77. The summed E-state index contributed by atoms with van der Waals surface area (Å²) in [7, 11) is 0. The smallest absolute Gasteiger partial charge is 0.239 e. The number of amides is 2. The Kier molecular flexibility index (Phi) is 5.92. The highest BCUT2D eigenvalue weighted by Crippen LogP contribution is 2.16. The molecule has 4 nitrogen and oxygen atoms in total. The fraction of sp³-hybridized carbons (Fsp3) is 0.263. The van der Waals surface area contributed by atoms with E-state index in [1.165, 1.54) is 0 Å². The summed E-state index contributed by atoms with van der Waals surface area (Å²) in [6.07, 6.45) is 4.12. The van der Waals surface area contributed by atoms with Gasteiger partial charge in [-0.05, 0) is 35.6 Å². The zero-order chi connectivity index (χ0) is 16.7. The van der Waals surface area contributed by atoms with E-state index in [2.05, 4.69) is 11.9 Å². The molecule has 0 heterocycles. The van der Waals surface area contributed by atoms with Crippen LogP contribution in [0.5, 0.6) is 0 Å². The van der Waals surface area contributed by atoms with Gasteiger partial charge in [0.1, 0.15) is 6.04 Å². The van der Waals surface area contributed by atoms with Crippen molar-refractivity contribution in [2.45, 2.75) is 31.7 Å². The van der Waals surface area contributed by atoms with E-state index in [0.29, 0.717) is 6.42 Å². The van der Waals surface area contributed by atoms with Crippen LogP contribution in [0.3, 0.4) is 0 Å². The maximum Gasteiger partial charge on any atom is 0.239 e. The average Bonchev–Trinajstić information content (AvgIpc) is 2.54. The Bertz CT molecular complexity index is 709. The van der Waals surface area contributed by atoms with Crippen molar-refractivity contribution in [1.29, 1.82) is 0 Å². The van der Waals surface area contributed by atoms with E-state index in [9.17, 15) is 9.59 Å². The second-order valence-electron chi connectivity index (χ2n) is 5.60. The van der Waals surface area contributed by atoms with Crippen LogP contribution >= 0.6 is 0 Å². The van der Waals surface area contributed by atoms with Crippen molar-refractivity contribution >= 4 is 22.6 Å². The van der Waals surface area contributed by atoms with Gasteiger partial charge in [0, 0.05) is 0 Å². The van der Waals surface area contributed by atoms with E-state index < -0.39 is 11.9 Å². The van der Waals surface area contributed by atoms with E-state index in [1.54, 1.807) is 6.08 Å². The zero-order valence-corrected chi connectivity index (χ0v) is 13.1. The first-order valence-electron chi connectivity index (χ1n) is 7.77. The van der Waals surface area contributed by atoms with Gasteiger partial charge >= 0.3 is 0 Å². The minimum atomic E-state index is -0.622. The summed E-state index contributed by atoms with van der Waals surface area (Å²) in [5, 5.41) is 4.95. The third-order valence-corrected chi connectivity index (χ3v) is 3.76. The zero-order valence-electron chi connectivity index (χ0n) is 13.1. The SMILES string of the molecule is C=CCCC[C@@H](NC(=O)Cc1ccc2ccccc2c1)C(N)=O. The van der Waals surface area contributed by atoms with Crippen molar-refractivity contribution < 1.29 is 9.59 Å². The van der Waals surface area contributed by atoms with Crippen molar-refractivity contribution in [3.8, 4) is 0 Å². The molecule has 1 atom stereocenters. The van der Waals surface area contributed by atoms with Crippen LogP contribution in [-0.4, -0.2) is 17.9 Å². The summed E-state index contributed by atoms with van der Waals surface area (Å²) >= 11 is 0. The summed E-state index contributed by atoms with van der Waals surface area (Å²) in [5.41, 5.74) is 6.27. The highest BCUT2D eigenvalue weighted by atomic mass is 16.2. The predicted molar refractivity (Wildman–Crippen MR) is 92.8 cm³/mol. The number of carbonyl (C=O) groups excluding carboxylic acids is 2. The van der Waals surface area contributed by atoms with Gasteiger partial charge in [0.25, 0.3) is 0 Å². The number of hydrogen-bond donors (Lipinski definition) is 2. The molecule has 0 unspecified atom stereocenters. The highest BCUT2D eigenvalue weighted by molar-refractivity contribution is 5.88. The maximum absolute atomic E-state index is 12.2. The van der Waals surface area contributed by atoms with Gasteiger partial charge in [-0.3, -0.25) is 9.59 Å². The quantitative estimate of drug-likeness (QED) is 0.581. The van der Waals surface area contributed by atoms with E-state index in [1.807, 2.05) is 42.5 Å². The van der Waals surface area contributed by atoms with Gasteiger partial charge in [-0.1, -0.05) is 48.5 Å². The van der Waals surface area contributed by atoms with Crippen molar-refractivity contribution in [3.63, 3.8) is 0 Å². The summed E-state index contributed by atoms with van der Waals surface area (Å²) in [4.78, 5) is 23.6. The molecule has 0 aromatic heterocycles. The number of hydrogen-bond acceptors (Lipinski definition) is 2. The maximum atomic E-state index is 12.2. The average molecular weight is 310 g/mol. The Labute approximate surface area is 136 Å². The standard InChI is InChI=1S/C19H22N2O2/c1-2-3-4-9-17(19(20)23)21-18(22)13-14-10-11-15-7-5-6-8-16(15)12-14/h2,5-8,10-12,17H,1,3-4,9,13H2,(H2,20,23)(H,21,22)/t17-/m1/s1. The summed E-state index contributed by atoms with van der Waals surface area (Å²) in [6, 6.07) is 13.3. The lowest BCUT2D eigenvalue weighted by Crippen LogP contribution is -2.44. The van der Waals surface area contributed by atoms with Crippen LogP contribution in [0.25, 0.3) is 10.8 Å². The molecule has 0 fully saturated rings. The first-order chi connectivity index (χ1) is 11.1. The molecule has 2 rings (SSSR count). The molecular weight excluding hydrogens is 288 g/mol. The first kappa shape index (κ1) is 16.7. The molecule has 2 amide bonds. The van der Waals surface area contributed by atoms with E-state index in [0.717, 1.165) is 29.2 Å². The number of benzene rings is 2. The Morgan fingerprint density at radius 3 is 2.61 bits per heavy atom. The number of unbranched alkanes of at least 4 members (excludes halogenated alkanes) is 1. The number of nitrogens with one attached hydrogen (secondary N) is 1. The van der Waals surface area contributed by atoms with E-state index in [-0.39, 0.29) is 12.3 Å². The summed E-state index contributed by atoms with van der Waals surface area (Å²) < 4.78 is 0. The summed E-state index contributed by atoms with van der Waals surface area (Å²) in [5.74, 6) is -0.691. The lowest BCUT2D eigenvalue weighted by Gasteiger charge is -2.15. The van der Waals surface area contributed by atoms with Gasteiger partial charge < -0.3 is 11.1 Å². The minimum absolute atomic E-state index is 0.192. The van der Waals surface area contributed by atoms with Crippen molar-refractivity contribution in [1.82, 2.24) is 5.32 Å². The summed E-state index contributed by atoms with van der Waals surface area (Å²) in [6.45, 7) is 3.64. The Hall–Kier alpha value is -2.62. The molecule has 3 N–H and O–H groups in total. The number of carbonyl (C=O) groups is 2. The van der Waals surface area contributed by atoms with Gasteiger partial charge in [-0.15, -0.1) is 6.58 Å². The molecule has 0 aliphatic heterocycles. The third-order valence-electron chi connectivity index (χ3n) is 3.76. The molecule has 0 spiro atoms. The second-order valence-corrected chi connectivity index (χ2v) is 5.60. The molecule has 0 radical (unpaired) electrons. The molecular formula is C19H22N2O2. The van der Waals surface area contributed by atoms with Crippen LogP contribution in [0.15, 0.2) is 55.1 Å². The highest BCUT2D eigenvalue weighted by Gasteiger charge is 2.17. The lowest BCUT2D eigenvalue weighted by atomic mass is 10.0. The van der Waals surface area contributed by atoms with Gasteiger partial charge in [0.2, 0.25) is 11.8 Å². The fourth-order valence-corrected chi connectivity index (χ4v) is 2.53. The van der Waals surface area contributed by atoms with Crippen LogP contribution < -0.4 is 11.1 Å². The van der Waals surface area contributed by atoms with E-state index >= 15 is 0 Å². The van der Waals surface area contributed by atoms with Crippen molar-refractivity contribution in [2.75, 3.05) is 0 Å². The minimum Gasteiger partial charge on any atom is -0.368 e. The molecule has 0 aliphatic rings. The Morgan fingerprint density at radius 2 is 1.91 bits per heavy atom. The van der Waals surface area contributed by atoms with Gasteiger partial charge in [-0.2, -0.15) is 0 Å². The lowest BCUT2D eigenvalue weighted by molar-refractivity contribution is -0.127. The molecule has 2 aromatic rings. The van der Waals surface area contributed by atoms with Crippen LogP contribution in [0.2, 0.25) is 0 Å². The second kappa shape index (κ2) is 8.13. The third kappa shape index (κ3) is 4.95. The van der Waals surface area contributed by atoms with Crippen LogP contribution in [0.1, 0.15) is 24.8 Å². The van der Waals surface area contributed by atoms with Gasteiger partial charge in [-0.25, -0.2) is 0 Å². The number of fused-ring (bicyclic) bond motifs is 1. The molecule has 0 bridgehead atoms. The van der Waals surface area contributed by atoms with E-state index in [4.69, 9.17) is 5.73 Å². The number of rotatable bonds is 8. The Balaban J connectivity index is 1.98. The fourth-order valence-electron chi connectivity index (χ4n) is 2.53. The topological polar surface area (TPSA) is 72.2 Å².